The van der Waals surface area contributed by atoms with E-state index < -0.39 is 35.9 Å². The van der Waals surface area contributed by atoms with Crippen molar-refractivity contribution in [2.75, 3.05) is 6.54 Å². The van der Waals surface area contributed by atoms with Gasteiger partial charge in [-0.05, 0) is 39.2 Å². The van der Waals surface area contributed by atoms with Gasteiger partial charge in [0.1, 0.15) is 6.04 Å². The quantitative estimate of drug-likeness (QED) is 0.269. The van der Waals surface area contributed by atoms with Gasteiger partial charge in [0.15, 0.2) is 0 Å². The molecule has 0 aliphatic carbocycles. The van der Waals surface area contributed by atoms with E-state index in [0.29, 0.717) is 25.8 Å². The predicted octanol–water partition coefficient (Wildman–Crippen LogP) is -1.59. The van der Waals surface area contributed by atoms with E-state index in [1.54, 1.807) is 6.29 Å². The zero-order valence-electron chi connectivity index (χ0n) is 13.2. The van der Waals surface area contributed by atoms with Crippen LogP contribution in [0.25, 0.3) is 0 Å². The smallest absolute Gasteiger partial charge is 0.303 e. The molecular weight excluding hydrogens is 304 g/mol. The van der Waals surface area contributed by atoms with Crippen LogP contribution in [0.5, 0.6) is 0 Å². The van der Waals surface area contributed by atoms with Crippen molar-refractivity contribution in [3.05, 3.63) is 0 Å². The first-order chi connectivity index (χ1) is 10.8. The molecule has 0 spiro atoms. The van der Waals surface area contributed by atoms with Crippen LogP contribution in [0, 0.1) is 0 Å². The van der Waals surface area contributed by atoms with Crippen molar-refractivity contribution in [2.24, 2.45) is 11.5 Å². The lowest BCUT2D eigenvalue weighted by atomic mass is 10.1. The van der Waals surface area contributed by atoms with Crippen LogP contribution >= 0.6 is 0 Å². The van der Waals surface area contributed by atoms with Crippen molar-refractivity contribution in [2.45, 2.75) is 57.2 Å². The number of carboxylic acid groups (broad SMARTS) is 1. The number of nitrogens with two attached hydrogens (primary N) is 2. The van der Waals surface area contributed by atoms with Gasteiger partial charge in [-0.25, -0.2) is 0 Å². The van der Waals surface area contributed by atoms with Crippen LogP contribution in [-0.2, 0) is 19.2 Å². The van der Waals surface area contributed by atoms with Gasteiger partial charge in [-0.2, -0.15) is 0 Å². The maximum atomic E-state index is 12.1. The van der Waals surface area contributed by atoms with Crippen molar-refractivity contribution in [3.63, 3.8) is 0 Å². The molecule has 2 amide bonds. The highest BCUT2D eigenvalue weighted by Crippen LogP contribution is 2.03. The van der Waals surface area contributed by atoms with Crippen LogP contribution in [0.15, 0.2) is 0 Å². The average Bonchev–Trinajstić information content (AvgIpc) is 2.51. The van der Waals surface area contributed by atoms with Gasteiger partial charge in [-0.3, -0.25) is 19.2 Å². The lowest BCUT2D eigenvalue weighted by Gasteiger charge is -2.21. The lowest BCUT2D eigenvalue weighted by Crippen LogP contribution is -2.53. The number of rotatable bonds is 12. The summed E-state index contributed by atoms with van der Waals surface area (Å²) >= 11 is 0. The van der Waals surface area contributed by atoms with Crippen molar-refractivity contribution in [1.29, 1.82) is 0 Å². The van der Waals surface area contributed by atoms with Crippen LogP contribution in [0.1, 0.15) is 39.0 Å². The third-order valence-electron chi connectivity index (χ3n) is 3.12. The molecule has 0 saturated heterocycles. The maximum absolute atomic E-state index is 12.1. The highest BCUT2D eigenvalue weighted by Gasteiger charge is 2.24. The molecule has 0 bridgehead atoms. The van der Waals surface area contributed by atoms with Gasteiger partial charge < -0.3 is 27.2 Å². The third-order valence-corrected chi connectivity index (χ3v) is 3.12. The SMILES string of the molecule is C[C@H]([C]=O)NC(=O)[C@H](CCCCN)NC(=O)[C@@H](N)CCC(=O)O. The summed E-state index contributed by atoms with van der Waals surface area (Å²) in [5, 5.41) is 13.5. The molecule has 0 aromatic carbocycles. The van der Waals surface area contributed by atoms with Crippen molar-refractivity contribution in [3.8, 4) is 0 Å². The third kappa shape index (κ3) is 9.59. The van der Waals surface area contributed by atoms with E-state index in [0.717, 1.165) is 0 Å². The molecule has 0 heterocycles. The molecular formula is C14H25N4O5. The number of carbonyl (C=O) groups excluding carboxylic acids is 3. The molecule has 7 N–H and O–H groups in total. The summed E-state index contributed by atoms with van der Waals surface area (Å²) in [5.74, 6) is -2.18. The van der Waals surface area contributed by atoms with E-state index in [2.05, 4.69) is 10.6 Å². The average molecular weight is 329 g/mol. The van der Waals surface area contributed by atoms with Gasteiger partial charge in [0.2, 0.25) is 18.1 Å². The molecule has 0 aromatic rings. The minimum atomic E-state index is -1.05. The van der Waals surface area contributed by atoms with Crippen molar-refractivity contribution >= 4 is 24.1 Å². The second kappa shape index (κ2) is 11.6. The van der Waals surface area contributed by atoms with Gasteiger partial charge >= 0.3 is 5.97 Å². The summed E-state index contributed by atoms with van der Waals surface area (Å²) in [5.41, 5.74) is 11.0. The Morgan fingerprint density at radius 2 is 1.78 bits per heavy atom. The van der Waals surface area contributed by atoms with Crippen molar-refractivity contribution < 1.29 is 24.3 Å². The number of carboxylic acids is 1. The van der Waals surface area contributed by atoms with Crippen LogP contribution in [0.3, 0.4) is 0 Å². The Bertz CT molecular complexity index is 416. The number of hydrogen-bond acceptors (Lipinski definition) is 6. The Hall–Kier alpha value is -2.00. The molecule has 0 fully saturated rings. The normalized spacial score (nSPS) is 14.4. The minimum absolute atomic E-state index is 0.0309. The van der Waals surface area contributed by atoms with E-state index in [-0.39, 0.29) is 12.8 Å². The Morgan fingerprint density at radius 1 is 1.13 bits per heavy atom. The van der Waals surface area contributed by atoms with E-state index in [1.807, 2.05) is 0 Å². The van der Waals surface area contributed by atoms with Crippen LogP contribution in [0.2, 0.25) is 0 Å². The minimum Gasteiger partial charge on any atom is -0.481 e. The first kappa shape index (κ1) is 21.0. The molecule has 0 saturated carbocycles. The summed E-state index contributed by atoms with van der Waals surface area (Å²) < 4.78 is 0. The number of nitrogens with one attached hydrogen (secondary N) is 2. The number of aliphatic carboxylic acids is 1. The number of amides is 2. The standard InChI is InChI=1S/C14H25N4O5/c1-9(8-19)17-14(23)11(4-2-3-7-15)18-13(22)10(16)5-6-12(20)21/h9-11H,2-7,15-16H2,1H3,(H,17,23)(H,18,22)(H,20,21)/t9-,10+,11+/m1/s1. The van der Waals surface area contributed by atoms with E-state index in [9.17, 15) is 19.2 Å². The summed E-state index contributed by atoms with van der Waals surface area (Å²) in [6, 6.07) is -2.68. The fraction of sp³-hybridized carbons (Fsp3) is 0.714. The molecule has 1 radical (unpaired) electrons. The van der Waals surface area contributed by atoms with Crippen LogP contribution in [-0.4, -0.2) is 53.8 Å². The summed E-state index contributed by atoms with van der Waals surface area (Å²) in [4.78, 5) is 45.0. The Balaban J connectivity index is 4.65. The number of carbonyl (C=O) groups is 3. The van der Waals surface area contributed by atoms with E-state index >= 15 is 0 Å². The molecule has 23 heavy (non-hydrogen) atoms. The highest BCUT2D eigenvalue weighted by atomic mass is 16.4. The fourth-order valence-corrected chi connectivity index (χ4v) is 1.79. The molecule has 0 rings (SSSR count). The largest absolute Gasteiger partial charge is 0.481 e. The molecule has 3 atom stereocenters. The first-order valence-corrected chi connectivity index (χ1v) is 7.47. The maximum Gasteiger partial charge on any atom is 0.303 e. The number of unbranched alkanes of at least 4 members (excludes halogenated alkanes) is 1. The molecule has 9 nitrogen and oxygen atoms in total. The Morgan fingerprint density at radius 3 is 2.30 bits per heavy atom. The predicted molar refractivity (Wildman–Crippen MR) is 83.0 cm³/mol. The van der Waals surface area contributed by atoms with Crippen molar-refractivity contribution in [1.82, 2.24) is 10.6 Å². The van der Waals surface area contributed by atoms with Gasteiger partial charge in [-0.15, -0.1) is 0 Å². The van der Waals surface area contributed by atoms with Crippen LogP contribution < -0.4 is 22.1 Å². The monoisotopic (exact) mass is 329 g/mol. The molecule has 9 heteroatoms. The van der Waals surface area contributed by atoms with E-state index in [1.165, 1.54) is 6.92 Å². The molecule has 0 aliphatic rings. The second-order valence-electron chi connectivity index (χ2n) is 5.23. The van der Waals surface area contributed by atoms with Gasteiger partial charge in [0.05, 0.1) is 12.1 Å². The highest BCUT2D eigenvalue weighted by molar-refractivity contribution is 5.90. The van der Waals surface area contributed by atoms with Gasteiger partial charge in [0.25, 0.3) is 0 Å². The summed E-state index contributed by atoms with van der Waals surface area (Å²) in [6.07, 6.45) is 2.98. The summed E-state index contributed by atoms with van der Waals surface area (Å²) in [7, 11) is 0. The first-order valence-electron chi connectivity index (χ1n) is 7.47. The second-order valence-corrected chi connectivity index (χ2v) is 5.23. The molecule has 0 aromatic heterocycles. The summed E-state index contributed by atoms with van der Waals surface area (Å²) in [6.45, 7) is 1.92. The fourth-order valence-electron chi connectivity index (χ4n) is 1.79. The topological polar surface area (TPSA) is 165 Å². The Labute approximate surface area is 135 Å². The molecule has 0 unspecified atom stereocenters. The lowest BCUT2D eigenvalue weighted by molar-refractivity contribution is -0.137. The van der Waals surface area contributed by atoms with E-state index in [4.69, 9.17) is 16.6 Å². The van der Waals surface area contributed by atoms with Gasteiger partial charge in [-0.1, -0.05) is 0 Å². The zero-order chi connectivity index (χ0) is 17.8. The van der Waals surface area contributed by atoms with Gasteiger partial charge in [0, 0.05) is 6.42 Å². The van der Waals surface area contributed by atoms with Crippen LogP contribution in [0.4, 0.5) is 0 Å². The number of hydrogen-bond donors (Lipinski definition) is 5. The Kier molecular flexibility index (Phi) is 10.5. The molecule has 131 valence electrons. The zero-order valence-corrected chi connectivity index (χ0v) is 13.2. The molecule has 0 aliphatic heterocycles.